The molecule has 1 amide bonds. The van der Waals surface area contributed by atoms with Crippen molar-refractivity contribution in [3.05, 3.63) is 0 Å². The highest BCUT2D eigenvalue weighted by atomic mass is 19.4. The lowest BCUT2D eigenvalue weighted by Crippen LogP contribution is -2.50. The van der Waals surface area contributed by atoms with Crippen LogP contribution in [0.15, 0.2) is 0 Å². The lowest BCUT2D eigenvalue weighted by atomic mass is 10.0. The summed E-state index contributed by atoms with van der Waals surface area (Å²) in [6, 6.07) is -0.730. The number of hydrogen-bond acceptors (Lipinski definition) is 3. The zero-order valence-electron chi connectivity index (χ0n) is 9.83. The van der Waals surface area contributed by atoms with Gasteiger partial charge in [-0.3, -0.25) is 9.59 Å². The van der Waals surface area contributed by atoms with Gasteiger partial charge in [0.05, 0.1) is 6.04 Å². The molecule has 0 aromatic heterocycles. The van der Waals surface area contributed by atoms with E-state index in [0.717, 1.165) is 0 Å². The van der Waals surface area contributed by atoms with Gasteiger partial charge in [-0.2, -0.15) is 13.2 Å². The molecule has 1 heterocycles. The van der Waals surface area contributed by atoms with E-state index in [1.54, 1.807) is 6.92 Å². The van der Waals surface area contributed by atoms with Crippen LogP contribution < -0.4 is 5.32 Å². The summed E-state index contributed by atoms with van der Waals surface area (Å²) in [7, 11) is 0. The van der Waals surface area contributed by atoms with Crippen molar-refractivity contribution in [2.24, 2.45) is 5.92 Å². The van der Waals surface area contributed by atoms with Crippen LogP contribution in [0.5, 0.6) is 0 Å². The molecule has 2 atom stereocenters. The predicted octanol–water partition coefficient (Wildman–Crippen LogP) is 0.460. The van der Waals surface area contributed by atoms with Crippen molar-refractivity contribution in [1.29, 1.82) is 0 Å². The van der Waals surface area contributed by atoms with Gasteiger partial charge in [0.15, 0.2) is 0 Å². The Labute approximate surface area is 102 Å². The highest BCUT2D eigenvalue weighted by molar-refractivity contribution is 5.86. The molecule has 5 nitrogen and oxygen atoms in total. The first-order chi connectivity index (χ1) is 8.20. The Balaban J connectivity index is 2.75. The Hall–Kier alpha value is -1.31. The van der Waals surface area contributed by atoms with Crippen LogP contribution in [0.2, 0.25) is 0 Å². The fraction of sp³-hybridized carbons (Fsp3) is 0.800. The van der Waals surface area contributed by atoms with Crippen LogP contribution in [0.3, 0.4) is 0 Å². The van der Waals surface area contributed by atoms with Crippen molar-refractivity contribution >= 4 is 11.9 Å². The molecule has 0 radical (unpaired) electrons. The summed E-state index contributed by atoms with van der Waals surface area (Å²) < 4.78 is 36.9. The van der Waals surface area contributed by atoms with Gasteiger partial charge in [-0.25, -0.2) is 0 Å². The molecule has 8 heteroatoms. The first kappa shape index (κ1) is 14.7. The third-order valence-electron chi connectivity index (χ3n) is 2.81. The Kier molecular flexibility index (Phi) is 4.55. The summed E-state index contributed by atoms with van der Waals surface area (Å²) in [6.07, 6.45) is -3.92. The zero-order valence-corrected chi connectivity index (χ0v) is 9.83. The first-order valence-electron chi connectivity index (χ1n) is 5.51. The molecule has 0 saturated carbocycles. The van der Waals surface area contributed by atoms with Crippen molar-refractivity contribution in [2.45, 2.75) is 25.6 Å². The Morgan fingerprint density at radius 3 is 2.44 bits per heavy atom. The molecule has 1 aliphatic rings. The van der Waals surface area contributed by atoms with E-state index in [4.69, 9.17) is 5.11 Å². The van der Waals surface area contributed by atoms with Crippen LogP contribution in [0.1, 0.15) is 13.3 Å². The normalized spacial score (nSPS) is 24.0. The number of amides is 1. The van der Waals surface area contributed by atoms with Gasteiger partial charge in [0.1, 0.15) is 13.1 Å². The third kappa shape index (κ3) is 4.17. The smallest absolute Gasteiger partial charge is 0.406 e. The van der Waals surface area contributed by atoms with Crippen LogP contribution in [0.4, 0.5) is 13.2 Å². The summed E-state index contributed by atoms with van der Waals surface area (Å²) in [5.41, 5.74) is 0. The van der Waals surface area contributed by atoms with Gasteiger partial charge in [-0.15, -0.1) is 0 Å². The molecule has 0 aliphatic carbocycles. The van der Waals surface area contributed by atoms with Crippen molar-refractivity contribution in [3.63, 3.8) is 0 Å². The van der Waals surface area contributed by atoms with Gasteiger partial charge in [-0.1, -0.05) is 6.92 Å². The Morgan fingerprint density at radius 2 is 2.06 bits per heavy atom. The molecule has 1 saturated heterocycles. The zero-order chi connectivity index (χ0) is 13.9. The van der Waals surface area contributed by atoms with E-state index in [0.29, 0.717) is 17.9 Å². The standard InChI is InChI=1S/C10H15F3N2O3/c1-6-2-3-14-8(6)9(18)15(4-7(16)17)5-10(11,12)13/h6,8,14H,2-5H2,1H3,(H,16,17). The van der Waals surface area contributed by atoms with Crippen molar-refractivity contribution in [2.75, 3.05) is 19.6 Å². The molecule has 1 rings (SSSR count). The Bertz CT molecular complexity index is 333. The number of hydrogen-bond donors (Lipinski definition) is 2. The largest absolute Gasteiger partial charge is 0.480 e. The minimum absolute atomic E-state index is 0.0953. The predicted molar refractivity (Wildman–Crippen MR) is 55.8 cm³/mol. The van der Waals surface area contributed by atoms with E-state index in [2.05, 4.69) is 5.32 Å². The maximum Gasteiger partial charge on any atom is 0.406 e. The summed E-state index contributed by atoms with van der Waals surface area (Å²) in [6.45, 7) is -0.189. The van der Waals surface area contributed by atoms with Crippen LogP contribution in [-0.2, 0) is 9.59 Å². The molecule has 0 spiro atoms. The summed E-state index contributed by atoms with van der Waals surface area (Å²) in [4.78, 5) is 22.7. The van der Waals surface area contributed by atoms with Crippen molar-refractivity contribution < 1.29 is 27.9 Å². The lowest BCUT2D eigenvalue weighted by molar-refractivity contribution is -0.167. The Morgan fingerprint density at radius 1 is 1.44 bits per heavy atom. The fourth-order valence-electron chi connectivity index (χ4n) is 1.95. The summed E-state index contributed by atoms with van der Waals surface area (Å²) in [5.74, 6) is -2.36. The van der Waals surface area contributed by atoms with E-state index in [1.165, 1.54) is 0 Å². The highest BCUT2D eigenvalue weighted by Crippen LogP contribution is 2.20. The quantitative estimate of drug-likeness (QED) is 0.777. The molecular weight excluding hydrogens is 253 g/mol. The SMILES string of the molecule is CC1CCNC1C(=O)N(CC(=O)O)CC(F)(F)F. The number of alkyl halides is 3. The average Bonchev–Trinajstić information content (AvgIpc) is 2.59. The van der Waals surface area contributed by atoms with E-state index in [1.807, 2.05) is 0 Å². The minimum atomic E-state index is -4.60. The second kappa shape index (κ2) is 5.55. The van der Waals surface area contributed by atoms with Crippen LogP contribution >= 0.6 is 0 Å². The van der Waals surface area contributed by atoms with Gasteiger partial charge >= 0.3 is 12.1 Å². The molecule has 2 unspecified atom stereocenters. The number of carboxylic acid groups (broad SMARTS) is 1. The molecule has 0 aromatic carbocycles. The third-order valence-corrected chi connectivity index (χ3v) is 2.81. The van der Waals surface area contributed by atoms with Gasteiger partial charge < -0.3 is 15.3 Å². The number of nitrogens with zero attached hydrogens (tertiary/aromatic N) is 1. The molecule has 18 heavy (non-hydrogen) atoms. The van der Waals surface area contributed by atoms with Gasteiger partial charge in [0, 0.05) is 0 Å². The second-order valence-electron chi connectivity index (χ2n) is 4.40. The van der Waals surface area contributed by atoms with Crippen LogP contribution in [0, 0.1) is 5.92 Å². The molecule has 0 aromatic rings. The molecule has 1 aliphatic heterocycles. The maximum atomic E-state index is 12.3. The van der Waals surface area contributed by atoms with E-state index in [-0.39, 0.29) is 5.92 Å². The number of rotatable bonds is 4. The first-order valence-corrected chi connectivity index (χ1v) is 5.51. The van der Waals surface area contributed by atoms with Crippen LogP contribution in [0.25, 0.3) is 0 Å². The molecule has 104 valence electrons. The topological polar surface area (TPSA) is 69.6 Å². The molecule has 1 fully saturated rings. The van der Waals surface area contributed by atoms with Gasteiger partial charge in [0.2, 0.25) is 5.91 Å². The van der Waals surface area contributed by atoms with Gasteiger partial charge in [-0.05, 0) is 18.9 Å². The monoisotopic (exact) mass is 268 g/mol. The van der Waals surface area contributed by atoms with Crippen LogP contribution in [-0.4, -0.2) is 53.7 Å². The number of nitrogens with one attached hydrogen (secondary N) is 1. The number of carbonyl (C=O) groups is 2. The number of aliphatic carboxylic acids is 1. The minimum Gasteiger partial charge on any atom is -0.480 e. The molecular formula is C10H15F3N2O3. The van der Waals surface area contributed by atoms with E-state index < -0.39 is 37.2 Å². The fourth-order valence-corrected chi connectivity index (χ4v) is 1.95. The number of halogens is 3. The number of carboxylic acids is 1. The summed E-state index contributed by atoms with van der Waals surface area (Å²) >= 11 is 0. The van der Waals surface area contributed by atoms with E-state index >= 15 is 0 Å². The van der Waals surface area contributed by atoms with Crippen molar-refractivity contribution in [1.82, 2.24) is 10.2 Å². The second-order valence-corrected chi connectivity index (χ2v) is 4.40. The maximum absolute atomic E-state index is 12.3. The highest BCUT2D eigenvalue weighted by Gasteiger charge is 2.39. The van der Waals surface area contributed by atoms with Gasteiger partial charge in [0.25, 0.3) is 0 Å². The van der Waals surface area contributed by atoms with E-state index in [9.17, 15) is 22.8 Å². The lowest BCUT2D eigenvalue weighted by Gasteiger charge is -2.26. The number of carbonyl (C=O) groups excluding carboxylic acids is 1. The molecule has 0 bridgehead atoms. The average molecular weight is 268 g/mol. The summed E-state index contributed by atoms with van der Waals surface area (Å²) in [5, 5.41) is 11.4. The molecule has 2 N–H and O–H groups in total. The van der Waals surface area contributed by atoms with Crippen molar-refractivity contribution in [3.8, 4) is 0 Å².